The molecule has 0 amide bonds. The van der Waals surface area contributed by atoms with Gasteiger partial charge in [-0.05, 0) is 49.0 Å². The molecule has 0 aliphatic heterocycles. The van der Waals surface area contributed by atoms with Crippen molar-refractivity contribution in [3.8, 4) is 0 Å². The van der Waals surface area contributed by atoms with E-state index < -0.39 is 0 Å². The van der Waals surface area contributed by atoms with Gasteiger partial charge in [-0.25, -0.2) is 0 Å². The molecule has 0 aromatic carbocycles. The Kier molecular flexibility index (Phi) is 2.16. The first kappa shape index (κ1) is 7.47. The third kappa shape index (κ3) is 1.52. The van der Waals surface area contributed by atoms with E-state index in [4.69, 9.17) is 0 Å². The van der Waals surface area contributed by atoms with E-state index in [1.165, 1.54) is 24.0 Å². The van der Waals surface area contributed by atoms with Crippen LogP contribution in [0, 0.1) is 6.08 Å². The molecule has 1 radical (unpaired) electrons. The summed E-state index contributed by atoms with van der Waals surface area (Å²) in [5, 5.41) is 7.60. The van der Waals surface area contributed by atoms with Crippen molar-refractivity contribution in [2.24, 2.45) is 0 Å². The highest BCUT2D eigenvalue weighted by atomic mass is 15.1. The second-order valence-corrected chi connectivity index (χ2v) is 2.99. The minimum atomic E-state index is 1.09. The zero-order valence-corrected chi connectivity index (χ0v) is 6.95. The van der Waals surface area contributed by atoms with Gasteiger partial charge < -0.3 is 0 Å². The summed E-state index contributed by atoms with van der Waals surface area (Å²) >= 11 is 0. The van der Waals surface area contributed by atoms with Crippen molar-refractivity contribution in [2.75, 3.05) is 0 Å². The summed E-state index contributed by atoms with van der Waals surface area (Å²) in [6, 6.07) is 2.00. The van der Waals surface area contributed by atoms with Crippen LogP contribution in [0.1, 0.15) is 31.2 Å². The Morgan fingerprint density at radius 1 is 1.25 bits per heavy atom. The van der Waals surface area contributed by atoms with Gasteiger partial charge in [0, 0.05) is 0 Å². The van der Waals surface area contributed by atoms with Crippen LogP contribution < -0.4 is 0 Å². The number of allylic oxidation sites excluding steroid dienone is 2. The summed E-state index contributed by atoms with van der Waals surface area (Å²) < 4.78 is 0. The summed E-state index contributed by atoms with van der Waals surface area (Å²) in [6.07, 6.45) is 11.7. The van der Waals surface area contributed by atoms with Gasteiger partial charge in [-0.3, -0.25) is 0 Å². The molecule has 2 heteroatoms. The maximum absolute atomic E-state index is 3.85. The summed E-state index contributed by atoms with van der Waals surface area (Å²) in [6.45, 7) is 0. The predicted octanol–water partition coefficient (Wildman–Crippen LogP) is 2.24. The molecule has 0 saturated heterocycles. The second kappa shape index (κ2) is 3.48. The van der Waals surface area contributed by atoms with E-state index in [0.717, 1.165) is 12.8 Å². The van der Waals surface area contributed by atoms with Crippen LogP contribution in [0.5, 0.6) is 0 Å². The van der Waals surface area contributed by atoms with Crippen LogP contribution in [-0.4, -0.2) is 10.2 Å². The molecule has 0 atom stereocenters. The van der Waals surface area contributed by atoms with Crippen LogP contribution in [0.15, 0.2) is 18.5 Å². The van der Waals surface area contributed by atoms with Gasteiger partial charge in [0.1, 0.15) is 0 Å². The van der Waals surface area contributed by atoms with Gasteiger partial charge in [-0.1, -0.05) is 0 Å². The van der Waals surface area contributed by atoms with Crippen LogP contribution in [0.3, 0.4) is 0 Å². The van der Waals surface area contributed by atoms with Crippen LogP contribution in [0.4, 0.5) is 0 Å². The Morgan fingerprint density at radius 3 is 2.92 bits per heavy atom. The molecule has 1 aromatic rings. The number of hydrogen-bond acceptors (Lipinski definition) is 2. The van der Waals surface area contributed by atoms with Crippen LogP contribution >= 0.6 is 0 Å². The normalized spacial score (nSPS) is 17.2. The van der Waals surface area contributed by atoms with Crippen LogP contribution in [-0.2, 0) is 0 Å². The van der Waals surface area contributed by atoms with Gasteiger partial charge in [-0.15, -0.1) is 0 Å². The topological polar surface area (TPSA) is 25.8 Å². The van der Waals surface area contributed by atoms with E-state index in [-0.39, 0.29) is 0 Å². The van der Waals surface area contributed by atoms with Crippen molar-refractivity contribution in [1.29, 1.82) is 0 Å². The number of nitrogens with zero attached hydrogens (tertiary/aromatic N) is 2. The maximum Gasteiger partial charge on any atom is 0.0571 e. The van der Waals surface area contributed by atoms with Crippen molar-refractivity contribution in [1.82, 2.24) is 10.2 Å². The number of aromatic nitrogens is 2. The lowest BCUT2D eigenvalue weighted by Crippen LogP contribution is -1.93. The smallest absolute Gasteiger partial charge is 0.0571 e. The van der Waals surface area contributed by atoms with E-state index in [9.17, 15) is 0 Å². The third-order valence-corrected chi connectivity index (χ3v) is 2.12. The van der Waals surface area contributed by atoms with Crippen molar-refractivity contribution in [3.05, 3.63) is 30.1 Å². The Hall–Kier alpha value is -1.18. The second-order valence-electron chi connectivity index (χ2n) is 2.99. The van der Waals surface area contributed by atoms with Crippen molar-refractivity contribution in [2.45, 2.75) is 25.7 Å². The first-order valence-electron chi connectivity index (χ1n) is 4.33. The highest BCUT2D eigenvalue weighted by Gasteiger charge is 2.05. The van der Waals surface area contributed by atoms with E-state index >= 15 is 0 Å². The van der Waals surface area contributed by atoms with Gasteiger partial charge in [-0.2, -0.15) is 10.2 Å². The zero-order valence-electron chi connectivity index (χ0n) is 6.95. The molecule has 0 unspecified atom stereocenters. The molecular formula is C10H11N2. The molecule has 12 heavy (non-hydrogen) atoms. The molecule has 61 valence electrons. The lowest BCUT2D eigenvalue weighted by molar-refractivity contribution is 0.729. The zero-order chi connectivity index (χ0) is 8.23. The largest absolute Gasteiger partial charge is 0.159 e. The van der Waals surface area contributed by atoms with Gasteiger partial charge in [0.05, 0.1) is 12.4 Å². The molecule has 0 N–H and O–H groups in total. The van der Waals surface area contributed by atoms with Gasteiger partial charge in [0.2, 0.25) is 0 Å². The summed E-state index contributed by atoms with van der Waals surface area (Å²) in [5.41, 5.74) is 2.50. The molecule has 1 aromatic heterocycles. The molecule has 1 heterocycles. The lowest BCUT2D eigenvalue weighted by atomic mass is 9.95. The fraction of sp³-hybridized carbons (Fsp3) is 0.400. The third-order valence-electron chi connectivity index (χ3n) is 2.12. The van der Waals surface area contributed by atoms with Crippen molar-refractivity contribution < 1.29 is 0 Å². The maximum atomic E-state index is 3.85. The van der Waals surface area contributed by atoms with Crippen molar-refractivity contribution in [3.63, 3.8) is 0 Å². The molecule has 0 spiro atoms. The van der Waals surface area contributed by atoms with E-state index in [1.54, 1.807) is 6.20 Å². The average Bonchev–Trinajstić information content (AvgIpc) is 2.21. The minimum Gasteiger partial charge on any atom is -0.159 e. The molecule has 1 aliphatic carbocycles. The van der Waals surface area contributed by atoms with E-state index in [1.807, 2.05) is 12.3 Å². The first-order valence-corrected chi connectivity index (χ1v) is 4.33. The van der Waals surface area contributed by atoms with Gasteiger partial charge >= 0.3 is 0 Å². The highest BCUT2D eigenvalue weighted by Crippen LogP contribution is 2.24. The van der Waals surface area contributed by atoms with Crippen LogP contribution in [0.25, 0.3) is 5.57 Å². The molecule has 1 aliphatic rings. The fourth-order valence-electron chi connectivity index (χ4n) is 1.47. The van der Waals surface area contributed by atoms with Gasteiger partial charge in [0.15, 0.2) is 0 Å². The summed E-state index contributed by atoms with van der Waals surface area (Å²) in [4.78, 5) is 0. The Labute approximate surface area is 72.3 Å². The molecular weight excluding hydrogens is 148 g/mol. The molecule has 0 saturated carbocycles. The molecule has 0 bridgehead atoms. The monoisotopic (exact) mass is 159 g/mol. The van der Waals surface area contributed by atoms with Gasteiger partial charge in [0.25, 0.3) is 0 Å². The SMILES string of the molecule is [C]1=C(c2ccnnc2)CCCC1. The number of hydrogen-bond donors (Lipinski definition) is 0. The standard InChI is InChI=1S/C10H11N2/c1-2-4-9(5-3-1)10-6-7-11-12-8-10/h6-8H,1-4H2. The summed E-state index contributed by atoms with van der Waals surface area (Å²) in [7, 11) is 0. The summed E-state index contributed by atoms with van der Waals surface area (Å²) in [5.74, 6) is 0. The highest BCUT2D eigenvalue weighted by molar-refractivity contribution is 5.62. The van der Waals surface area contributed by atoms with E-state index in [2.05, 4.69) is 16.3 Å². The van der Waals surface area contributed by atoms with Crippen LogP contribution in [0.2, 0.25) is 0 Å². The Balaban J connectivity index is 2.24. The molecule has 0 fully saturated rings. The Bertz CT molecular complexity index is 277. The fourth-order valence-corrected chi connectivity index (χ4v) is 1.47. The molecule has 2 rings (SSSR count). The first-order chi connectivity index (χ1) is 5.97. The average molecular weight is 159 g/mol. The number of rotatable bonds is 1. The Morgan fingerprint density at radius 2 is 2.25 bits per heavy atom. The van der Waals surface area contributed by atoms with E-state index in [0.29, 0.717) is 0 Å². The molecule has 2 nitrogen and oxygen atoms in total. The predicted molar refractivity (Wildman–Crippen MR) is 47.2 cm³/mol. The quantitative estimate of drug-likeness (QED) is 0.628. The lowest BCUT2D eigenvalue weighted by Gasteiger charge is -2.10. The minimum absolute atomic E-state index is 1.09. The van der Waals surface area contributed by atoms with Crippen molar-refractivity contribution >= 4 is 5.57 Å².